The summed E-state index contributed by atoms with van der Waals surface area (Å²) in [5.41, 5.74) is 0.935. The lowest BCUT2D eigenvalue weighted by Gasteiger charge is -2.43. The molecule has 14 nitrogen and oxygen atoms in total. The second kappa shape index (κ2) is 25.3. The van der Waals surface area contributed by atoms with Gasteiger partial charge in [0.1, 0.15) is 30.1 Å². The molecule has 1 saturated carbocycles. The van der Waals surface area contributed by atoms with Gasteiger partial charge in [0.05, 0.1) is 24.4 Å². The highest BCUT2D eigenvalue weighted by Crippen LogP contribution is 2.44. The molecular formula is C51H78INO13. The summed E-state index contributed by atoms with van der Waals surface area (Å²) in [5.74, 6) is -7.80. The number of hydrogen-bond donors (Lipinski definition) is 3. The number of rotatable bonds is 6. The van der Waals surface area contributed by atoms with E-state index in [4.69, 9.17) is 23.7 Å². The standard InChI is InChI=1S/C51H78INO13/c1-30-16-12-11-13-17-31(2)41(62-8)26-36-20-19-35(6)51(61,66-36)47(58)48(59)53-23-15-14-18-38(53)49(60)65-42(37(52)28-50(7)22-21-39(54)43(29-50)63-9)27-40(55)32(3)25-34(5)45(57)46(64-10)44(56)33(4)24-30/h11-13,16-17,25,30,32-33,35-39,41-43,45-46,54,57,61H,14-15,18-24,26-29H2,1-10H3/b13-11+,16-12+,31-17+,34-25+/t30-,32-,33-,35-,36+,37?,38+,39-,41+,42+,43-,45-,46+,50?,51-/m1/s1. The van der Waals surface area contributed by atoms with Gasteiger partial charge in [-0.05, 0) is 101 Å². The Morgan fingerprint density at radius 3 is 2.27 bits per heavy atom. The van der Waals surface area contributed by atoms with E-state index >= 15 is 0 Å². The number of halogens is 1. The SMILES string of the molecule is CO[C@H]1C[C@@H]2CC[C@@H](C)[C@@](O)(O2)C(=O)C(=O)N2CCCC[C@H]2C(=O)O[C@H](C(I)CC2(C)CC[C@@H](O)[C@H](OC)C2)CC(=O)[C@H](C)/C=C(\C)[C@@H](O)[C@@H](OC)C(=O)[C@H](C)C[C@H](C)/C=C/C=C/C=C/1C. The van der Waals surface area contributed by atoms with Crippen LogP contribution in [0.25, 0.3) is 0 Å². The quantitative estimate of drug-likeness (QED) is 0.0834. The van der Waals surface area contributed by atoms with Crippen LogP contribution in [0.1, 0.15) is 126 Å². The van der Waals surface area contributed by atoms with Gasteiger partial charge in [-0.25, -0.2) is 4.79 Å². The van der Waals surface area contributed by atoms with Gasteiger partial charge in [0, 0.05) is 62.4 Å². The maximum atomic E-state index is 14.4. The van der Waals surface area contributed by atoms with Crippen LogP contribution < -0.4 is 0 Å². The number of aliphatic hydroxyl groups excluding tert-OH is 2. The predicted octanol–water partition coefficient (Wildman–Crippen LogP) is 6.74. The number of alkyl halides is 1. The number of amides is 1. The Bertz CT molecular complexity index is 1810. The summed E-state index contributed by atoms with van der Waals surface area (Å²) in [4.78, 5) is 72.0. The normalized spacial score (nSPS) is 41.1. The van der Waals surface area contributed by atoms with Crippen molar-refractivity contribution in [2.45, 2.75) is 184 Å². The van der Waals surface area contributed by atoms with Crippen LogP contribution in [0.2, 0.25) is 0 Å². The summed E-state index contributed by atoms with van der Waals surface area (Å²) in [5, 5.41) is 34.0. The lowest BCUT2D eigenvalue weighted by molar-refractivity contribution is -0.265. The third-order valence-corrected chi connectivity index (χ3v) is 15.8. The van der Waals surface area contributed by atoms with E-state index in [1.807, 2.05) is 51.2 Å². The minimum Gasteiger partial charge on any atom is -0.459 e. The van der Waals surface area contributed by atoms with Crippen LogP contribution in [0.5, 0.6) is 0 Å². The molecule has 3 N–H and O–H groups in total. The second-order valence-corrected chi connectivity index (χ2v) is 21.6. The van der Waals surface area contributed by atoms with E-state index in [-0.39, 0.29) is 48.4 Å². The van der Waals surface area contributed by atoms with Crippen molar-refractivity contribution >= 4 is 51.8 Å². The number of Topliss-reactive ketones (excluding diaryl/α,β-unsaturated/α-hetero) is 3. The number of fused-ring (bicyclic) bond motifs is 3. The van der Waals surface area contributed by atoms with Crippen molar-refractivity contribution in [1.29, 1.82) is 0 Å². The fraction of sp³-hybridized carbons (Fsp3) is 0.745. The Hall–Kier alpha value is -2.64. The van der Waals surface area contributed by atoms with Gasteiger partial charge in [-0.3, -0.25) is 19.2 Å². The number of piperidine rings is 1. The zero-order valence-electron chi connectivity index (χ0n) is 40.9. The summed E-state index contributed by atoms with van der Waals surface area (Å²) in [6.07, 6.45) is 10.9. The van der Waals surface area contributed by atoms with Crippen LogP contribution in [-0.2, 0) is 47.7 Å². The highest BCUT2D eigenvalue weighted by molar-refractivity contribution is 14.1. The number of esters is 1. The number of hydrogen-bond acceptors (Lipinski definition) is 13. The zero-order chi connectivity index (χ0) is 49.1. The Labute approximate surface area is 406 Å². The van der Waals surface area contributed by atoms with Crippen molar-refractivity contribution < 1.29 is 63.0 Å². The molecule has 372 valence electrons. The summed E-state index contributed by atoms with van der Waals surface area (Å²) in [6.45, 7) is 12.9. The fourth-order valence-corrected chi connectivity index (χ4v) is 11.6. The topological polar surface area (TPSA) is 195 Å². The second-order valence-electron chi connectivity index (χ2n) is 20.0. The van der Waals surface area contributed by atoms with Crippen LogP contribution in [0.4, 0.5) is 0 Å². The van der Waals surface area contributed by atoms with E-state index in [1.165, 1.54) is 12.0 Å². The highest BCUT2D eigenvalue weighted by atomic mass is 127. The van der Waals surface area contributed by atoms with Crippen molar-refractivity contribution in [2.24, 2.45) is 29.1 Å². The van der Waals surface area contributed by atoms with E-state index in [1.54, 1.807) is 41.1 Å². The molecule has 0 spiro atoms. The van der Waals surface area contributed by atoms with Gasteiger partial charge in [0.15, 0.2) is 5.78 Å². The van der Waals surface area contributed by atoms with E-state index in [0.717, 1.165) is 5.57 Å². The molecular weight excluding hydrogens is 961 g/mol. The Morgan fingerprint density at radius 1 is 0.894 bits per heavy atom. The van der Waals surface area contributed by atoms with Crippen molar-refractivity contribution in [1.82, 2.24) is 4.90 Å². The molecule has 15 atom stereocenters. The first-order chi connectivity index (χ1) is 31.1. The maximum absolute atomic E-state index is 14.4. The van der Waals surface area contributed by atoms with Crippen LogP contribution in [0.15, 0.2) is 47.6 Å². The Kier molecular flexibility index (Phi) is 21.4. The minimum absolute atomic E-state index is 0.0165. The molecule has 15 heteroatoms. The fourth-order valence-electron chi connectivity index (χ4n) is 10.1. The Balaban J connectivity index is 1.72. The van der Waals surface area contributed by atoms with E-state index in [2.05, 4.69) is 29.5 Å². The van der Waals surface area contributed by atoms with E-state index in [9.17, 15) is 39.3 Å². The molecule has 1 amide bonds. The molecule has 0 radical (unpaired) electrons. The first-order valence-corrected chi connectivity index (χ1v) is 25.1. The largest absolute Gasteiger partial charge is 0.459 e. The molecule has 0 aromatic carbocycles. The lowest BCUT2D eigenvalue weighted by Crippen LogP contribution is -2.61. The molecule has 3 heterocycles. The van der Waals surface area contributed by atoms with Crippen molar-refractivity contribution in [2.75, 3.05) is 27.9 Å². The zero-order valence-corrected chi connectivity index (χ0v) is 43.1. The van der Waals surface area contributed by atoms with Crippen LogP contribution in [0, 0.1) is 29.1 Å². The van der Waals surface area contributed by atoms with Gasteiger partial charge >= 0.3 is 5.97 Å². The number of carbonyl (C=O) groups excluding carboxylic acids is 5. The van der Waals surface area contributed by atoms with Gasteiger partial charge in [0.25, 0.3) is 11.7 Å². The first kappa shape index (κ1) is 56.0. The molecule has 2 bridgehead atoms. The average molecular weight is 1040 g/mol. The predicted molar refractivity (Wildman–Crippen MR) is 258 cm³/mol. The van der Waals surface area contributed by atoms with Crippen LogP contribution >= 0.6 is 22.6 Å². The smallest absolute Gasteiger partial charge is 0.329 e. The van der Waals surface area contributed by atoms with Crippen LogP contribution in [-0.4, -0.2) is 136 Å². The average Bonchev–Trinajstić information content (AvgIpc) is 3.28. The van der Waals surface area contributed by atoms with Crippen molar-refractivity contribution in [3.63, 3.8) is 0 Å². The van der Waals surface area contributed by atoms with Gasteiger partial charge in [-0.1, -0.05) is 93.7 Å². The van der Waals surface area contributed by atoms with Gasteiger partial charge < -0.3 is 43.9 Å². The van der Waals surface area contributed by atoms with Crippen molar-refractivity contribution in [3.05, 3.63) is 47.6 Å². The first-order valence-electron chi connectivity index (χ1n) is 23.9. The molecule has 0 aromatic heterocycles. The van der Waals surface area contributed by atoms with E-state index in [0.29, 0.717) is 69.8 Å². The maximum Gasteiger partial charge on any atom is 0.329 e. The van der Waals surface area contributed by atoms with Crippen molar-refractivity contribution in [3.8, 4) is 0 Å². The van der Waals surface area contributed by atoms with Crippen LogP contribution in [0.3, 0.4) is 0 Å². The number of nitrogens with zero attached hydrogens (tertiary/aromatic N) is 1. The summed E-state index contributed by atoms with van der Waals surface area (Å²) < 4.78 is 29.1. The third-order valence-electron chi connectivity index (χ3n) is 14.5. The number of aliphatic hydroxyl groups is 3. The monoisotopic (exact) mass is 1040 g/mol. The molecule has 2 unspecified atom stereocenters. The molecule has 0 aromatic rings. The molecule has 4 rings (SSSR count). The third kappa shape index (κ3) is 14.5. The van der Waals surface area contributed by atoms with Gasteiger partial charge in [-0.15, -0.1) is 0 Å². The molecule has 4 aliphatic rings. The number of ether oxygens (including phenoxy) is 5. The summed E-state index contributed by atoms with van der Waals surface area (Å²) in [7, 11) is 4.52. The van der Waals surface area contributed by atoms with E-state index < -0.39 is 87.8 Å². The summed E-state index contributed by atoms with van der Waals surface area (Å²) >= 11 is 2.22. The molecule has 66 heavy (non-hydrogen) atoms. The molecule has 3 aliphatic heterocycles. The molecule has 3 fully saturated rings. The molecule has 1 aliphatic carbocycles. The highest BCUT2D eigenvalue weighted by Gasteiger charge is 2.53. The van der Waals surface area contributed by atoms with Gasteiger partial charge in [-0.2, -0.15) is 0 Å². The number of ketones is 3. The number of allylic oxidation sites excluding steroid dienone is 6. The summed E-state index contributed by atoms with van der Waals surface area (Å²) in [6, 6.07) is -1.15. The number of methoxy groups -OCH3 is 3. The lowest BCUT2D eigenvalue weighted by atomic mass is 9.70. The molecule has 2 saturated heterocycles. The number of carbonyl (C=O) groups is 5. The van der Waals surface area contributed by atoms with Gasteiger partial charge in [0.2, 0.25) is 5.79 Å². The Morgan fingerprint density at radius 2 is 1.61 bits per heavy atom. The number of cyclic esters (lactones) is 1. The minimum atomic E-state index is -2.43.